The molecule has 15 heavy (non-hydrogen) atoms. The number of amides is 1. The van der Waals surface area contributed by atoms with Crippen LogP contribution in [0.2, 0.25) is 0 Å². The number of carbonyl (C=O) groups is 1. The van der Waals surface area contributed by atoms with Gasteiger partial charge in [0.15, 0.2) is 0 Å². The molecule has 0 aromatic carbocycles. The number of hydrogen-bond donors (Lipinski definition) is 1. The first-order chi connectivity index (χ1) is 6.96. The van der Waals surface area contributed by atoms with Gasteiger partial charge in [-0.15, -0.1) is 0 Å². The van der Waals surface area contributed by atoms with Crippen molar-refractivity contribution < 1.29 is 4.79 Å². The Morgan fingerprint density at radius 1 is 1.40 bits per heavy atom. The fourth-order valence-corrected chi connectivity index (χ4v) is 1.91. The number of unbranched alkanes of at least 4 members (excludes halogenated alkanes) is 1. The van der Waals surface area contributed by atoms with Gasteiger partial charge in [-0.2, -0.15) is 0 Å². The Labute approximate surface area is 94.8 Å². The zero-order chi connectivity index (χ0) is 11.9. The van der Waals surface area contributed by atoms with Crippen molar-refractivity contribution >= 4 is 5.91 Å². The van der Waals surface area contributed by atoms with E-state index in [9.17, 15) is 4.79 Å². The molecule has 2 heteroatoms. The Morgan fingerprint density at radius 2 is 2.00 bits per heavy atom. The zero-order valence-electron chi connectivity index (χ0n) is 11.0. The van der Waals surface area contributed by atoms with Crippen molar-refractivity contribution in [1.29, 1.82) is 0 Å². The van der Waals surface area contributed by atoms with E-state index in [0.717, 1.165) is 6.54 Å². The molecule has 0 aliphatic carbocycles. The van der Waals surface area contributed by atoms with Crippen LogP contribution in [-0.2, 0) is 4.79 Å². The second kappa shape index (κ2) is 6.86. The van der Waals surface area contributed by atoms with Gasteiger partial charge in [-0.05, 0) is 17.8 Å². The van der Waals surface area contributed by atoms with Crippen molar-refractivity contribution in [3.63, 3.8) is 0 Å². The molecule has 0 rings (SSSR count). The number of carbonyl (C=O) groups excluding carboxylic acids is 1. The summed E-state index contributed by atoms with van der Waals surface area (Å²) >= 11 is 0. The van der Waals surface area contributed by atoms with Crippen LogP contribution in [0.4, 0.5) is 0 Å². The summed E-state index contributed by atoms with van der Waals surface area (Å²) in [6, 6.07) is 0. The van der Waals surface area contributed by atoms with Gasteiger partial charge in [0.25, 0.3) is 0 Å². The van der Waals surface area contributed by atoms with Crippen molar-refractivity contribution in [2.75, 3.05) is 6.54 Å². The van der Waals surface area contributed by atoms with E-state index >= 15 is 0 Å². The van der Waals surface area contributed by atoms with Crippen LogP contribution in [0.15, 0.2) is 0 Å². The van der Waals surface area contributed by atoms with Crippen molar-refractivity contribution in [3.05, 3.63) is 0 Å². The molecule has 0 spiro atoms. The van der Waals surface area contributed by atoms with E-state index in [-0.39, 0.29) is 11.3 Å². The highest BCUT2D eigenvalue weighted by Gasteiger charge is 2.29. The van der Waals surface area contributed by atoms with E-state index in [1.165, 1.54) is 25.7 Å². The molecule has 1 N–H and O–H groups in total. The van der Waals surface area contributed by atoms with E-state index < -0.39 is 0 Å². The molecule has 2 atom stereocenters. The average molecular weight is 213 g/mol. The third kappa shape index (κ3) is 5.19. The molecule has 0 aliphatic heterocycles. The second-order valence-corrected chi connectivity index (χ2v) is 4.98. The lowest BCUT2D eigenvalue weighted by Crippen LogP contribution is -2.38. The van der Waals surface area contributed by atoms with Gasteiger partial charge in [-0.3, -0.25) is 4.79 Å². The van der Waals surface area contributed by atoms with Crippen molar-refractivity contribution in [1.82, 2.24) is 5.32 Å². The van der Waals surface area contributed by atoms with Gasteiger partial charge in [0, 0.05) is 13.5 Å². The van der Waals surface area contributed by atoms with Crippen molar-refractivity contribution in [2.45, 2.75) is 60.3 Å². The first kappa shape index (κ1) is 14.5. The standard InChI is InChI=1S/C13H27NO/c1-6-8-9-13(5,11(3)7-2)10-14-12(4)15/h11H,6-10H2,1-5H3,(H,14,15). The summed E-state index contributed by atoms with van der Waals surface area (Å²) in [6.07, 6.45) is 4.87. The van der Waals surface area contributed by atoms with Crippen LogP contribution in [0.25, 0.3) is 0 Å². The van der Waals surface area contributed by atoms with Crippen LogP contribution < -0.4 is 5.32 Å². The lowest BCUT2D eigenvalue weighted by Gasteiger charge is -2.35. The lowest BCUT2D eigenvalue weighted by molar-refractivity contribution is -0.119. The topological polar surface area (TPSA) is 29.1 Å². The molecule has 90 valence electrons. The quantitative estimate of drug-likeness (QED) is 0.690. The molecule has 1 amide bonds. The summed E-state index contributed by atoms with van der Waals surface area (Å²) in [6.45, 7) is 11.4. The molecule has 0 saturated heterocycles. The van der Waals surface area contributed by atoms with E-state index in [4.69, 9.17) is 0 Å². The number of nitrogens with one attached hydrogen (secondary N) is 1. The van der Waals surface area contributed by atoms with Crippen LogP contribution in [-0.4, -0.2) is 12.5 Å². The number of rotatable bonds is 7. The highest BCUT2D eigenvalue weighted by atomic mass is 16.1. The summed E-state index contributed by atoms with van der Waals surface area (Å²) in [5, 5.41) is 2.97. The first-order valence-corrected chi connectivity index (χ1v) is 6.20. The molecule has 2 unspecified atom stereocenters. The van der Waals surface area contributed by atoms with Gasteiger partial charge >= 0.3 is 0 Å². The maximum Gasteiger partial charge on any atom is 0.216 e. The minimum atomic E-state index is 0.0843. The predicted molar refractivity (Wildman–Crippen MR) is 65.8 cm³/mol. The molecule has 0 heterocycles. The van der Waals surface area contributed by atoms with Gasteiger partial charge < -0.3 is 5.32 Å². The summed E-state index contributed by atoms with van der Waals surface area (Å²) < 4.78 is 0. The molecule has 0 bridgehead atoms. The van der Waals surface area contributed by atoms with Crippen LogP contribution >= 0.6 is 0 Å². The second-order valence-electron chi connectivity index (χ2n) is 4.98. The summed E-state index contributed by atoms with van der Waals surface area (Å²) in [7, 11) is 0. The Hall–Kier alpha value is -0.530. The van der Waals surface area contributed by atoms with Gasteiger partial charge in [-0.25, -0.2) is 0 Å². The van der Waals surface area contributed by atoms with E-state index in [1.54, 1.807) is 6.92 Å². The Kier molecular flexibility index (Phi) is 6.62. The van der Waals surface area contributed by atoms with Crippen molar-refractivity contribution in [3.8, 4) is 0 Å². The minimum absolute atomic E-state index is 0.0843. The fourth-order valence-electron chi connectivity index (χ4n) is 1.91. The lowest BCUT2D eigenvalue weighted by atomic mass is 9.73. The highest BCUT2D eigenvalue weighted by Crippen LogP contribution is 2.34. The third-order valence-corrected chi connectivity index (χ3v) is 3.64. The molecule has 0 aromatic rings. The third-order valence-electron chi connectivity index (χ3n) is 3.64. The predicted octanol–water partition coefficient (Wildman–Crippen LogP) is 3.37. The Balaban J connectivity index is 4.32. The summed E-state index contributed by atoms with van der Waals surface area (Å²) in [5.41, 5.74) is 0.260. The normalized spacial score (nSPS) is 16.9. The van der Waals surface area contributed by atoms with Crippen LogP contribution in [0.3, 0.4) is 0 Å². The van der Waals surface area contributed by atoms with Gasteiger partial charge in [0.1, 0.15) is 0 Å². The van der Waals surface area contributed by atoms with Gasteiger partial charge in [0.05, 0.1) is 0 Å². The maximum atomic E-state index is 11.0. The number of hydrogen-bond acceptors (Lipinski definition) is 1. The summed E-state index contributed by atoms with van der Waals surface area (Å²) in [5.74, 6) is 0.747. The monoisotopic (exact) mass is 213 g/mol. The molecule has 0 aliphatic rings. The van der Waals surface area contributed by atoms with E-state index in [1.807, 2.05) is 0 Å². The maximum absolute atomic E-state index is 11.0. The average Bonchev–Trinajstić information content (AvgIpc) is 2.22. The van der Waals surface area contributed by atoms with Gasteiger partial charge in [-0.1, -0.05) is 47.0 Å². The fraction of sp³-hybridized carbons (Fsp3) is 0.923. The summed E-state index contributed by atoms with van der Waals surface area (Å²) in [4.78, 5) is 11.0. The van der Waals surface area contributed by atoms with Crippen LogP contribution in [0.5, 0.6) is 0 Å². The molecule has 0 saturated carbocycles. The van der Waals surface area contributed by atoms with Crippen LogP contribution in [0, 0.1) is 11.3 Å². The molecular formula is C13H27NO. The SMILES string of the molecule is CCCCC(C)(CNC(C)=O)C(C)CC. The first-order valence-electron chi connectivity index (χ1n) is 6.20. The molecular weight excluding hydrogens is 186 g/mol. The molecule has 2 nitrogen and oxygen atoms in total. The highest BCUT2D eigenvalue weighted by molar-refractivity contribution is 5.72. The van der Waals surface area contributed by atoms with E-state index in [2.05, 4.69) is 33.0 Å². The van der Waals surface area contributed by atoms with Crippen LogP contribution in [0.1, 0.15) is 60.3 Å². The van der Waals surface area contributed by atoms with E-state index in [0.29, 0.717) is 5.92 Å². The zero-order valence-corrected chi connectivity index (χ0v) is 11.0. The van der Waals surface area contributed by atoms with Crippen molar-refractivity contribution in [2.24, 2.45) is 11.3 Å². The van der Waals surface area contributed by atoms with Gasteiger partial charge in [0.2, 0.25) is 5.91 Å². The Bertz CT molecular complexity index is 191. The molecule has 0 fully saturated rings. The smallest absolute Gasteiger partial charge is 0.216 e. The minimum Gasteiger partial charge on any atom is -0.356 e. The molecule has 0 radical (unpaired) electrons. The molecule has 0 aromatic heterocycles. The largest absolute Gasteiger partial charge is 0.356 e. The Morgan fingerprint density at radius 3 is 2.40 bits per heavy atom.